The molecule has 1 saturated heterocycles. The Kier molecular flexibility index (Phi) is 7.79. The number of nitrogen functional groups attached to an aromatic ring is 1. The molecular weight excluding hydrogens is 408 g/mol. The Balaban J connectivity index is 1.39. The number of anilines is 2. The van der Waals surface area contributed by atoms with Crippen molar-refractivity contribution in [1.29, 1.82) is 0 Å². The van der Waals surface area contributed by atoms with Crippen LogP contribution in [0, 0.1) is 0 Å². The van der Waals surface area contributed by atoms with Crippen LogP contribution in [-0.2, 0) is 0 Å². The number of nitrogens with two attached hydrogens (primary N) is 1. The number of nitrogens with one attached hydrogen (secondary N) is 1. The van der Waals surface area contributed by atoms with Crippen molar-refractivity contribution >= 4 is 11.4 Å². The van der Waals surface area contributed by atoms with Crippen LogP contribution in [0.15, 0.2) is 91.5 Å². The number of hydrogen-bond acceptors (Lipinski definition) is 5. The fraction of sp³-hybridized carbons (Fsp3) is 0.286. The highest BCUT2D eigenvalue weighted by Gasteiger charge is 2.27. The predicted octanol–water partition coefficient (Wildman–Crippen LogP) is 4.31. The van der Waals surface area contributed by atoms with E-state index < -0.39 is 6.10 Å². The number of aliphatic hydroxyl groups is 1. The van der Waals surface area contributed by atoms with E-state index in [1.54, 1.807) is 6.08 Å². The normalized spacial score (nSPS) is 15.9. The molecule has 0 amide bonds. The first-order valence-corrected chi connectivity index (χ1v) is 11.6. The minimum atomic E-state index is -0.564. The van der Waals surface area contributed by atoms with Gasteiger partial charge in [-0.3, -0.25) is 9.80 Å². The molecule has 5 nitrogen and oxygen atoms in total. The molecule has 0 spiro atoms. The molecule has 1 aliphatic heterocycles. The molecule has 3 aromatic rings. The third kappa shape index (κ3) is 5.82. The van der Waals surface area contributed by atoms with Gasteiger partial charge in [-0.05, 0) is 28.8 Å². The third-order valence-electron chi connectivity index (χ3n) is 6.33. The van der Waals surface area contributed by atoms with Gasteiger partial charge in [0.2, 0.25) is 0 Å². The molecule has 0 aliphatic carbocycles. The summed E-state index contributed by atoms with van der Waals surface area (Å²) in [5.74, 6) is 0. The van der Waals surface area contributed by atoms with Crippen molar-refractivity contribution in [2.24, 2.45) is 0 Å². The second-order valence-electron chi connectivity index (χ2n) is 8.59. The van der Waals surface area contributed by atoms with Gasteiger partial charge < -0.3 is 16.2 Å². The Labute approximate surface area is 197 Å². The Morgan fingerprint density at radius 2 is 1.48 bits per heavy atom. The van der Waals surface area contributed by atoms with Crippen LogP contribution in [-0.4, -0.2) is 54.2 Å². The minimum Gasteiger partial charge on any atom is -0.397 e. The van der Waals surface area contributed by atoms with E-state index >= 15 is 0 Å². The van der Waals surface area contributed by atoms with Crippen molar-refractivity contribution in [2.75, 3.05) is 50.3 Å². The van der Waals surface area contributed by atoms with Crippen LogP contribution in [0.1, 0.15) is 28.8 Å². The van der Waals surface area contributed by atoms with Crippen LogP contribution in [0.4, 0.5) is 11.4 Å². The second-order valence-corrected chi connectivity index (χ2v) is 8.59. The summed E-state index contributed by atoms with van der Waals surface area (Å²) in [5, 5.41) is 14.1. The van der Waals surface area contributed by atoms with Crippen LogP contribution in [0.3, 0.4) is 0 Å². The molecule has 1 fully saturated rings. The van der Waals surface area contributed by atoms with Gasteiger partial charge in [-0.1, -0.05) is 72.8 Å². The van der Waals surface area contributed by atoms with Gasteiger partial charge in [-0.2, -0.15) is 0 Å². The molecule has 0 bridgehead atoms. The van der Waals surface area contributed by atoms with E-state index in [2.05, 4.69) is 82.4 Å². The number of aliphatic hydroxyl groups excluding tert-OH is 1. The molecule has 172 valence electrons. The maximum absolute atomic E-state index is 10.8. The molecular formula is C28H34N4O. The molecule has 4 rings (SSSR count). The summed E-state index contributed by atoms with van der Waals surface area (Å²) in [6, 6.07) is 27.4. The first kappa shape index (κ1) is 23.1. The number of hydrogen-bond donors (Lipinski definition) is 3. The fourth-order valence-corrected chi connectivity index (χ4v) is 4.57. The predicted molar refractivity (Wildman–Crippen MR) is 137 cm³/mol. The minimum absolute atomic E-state index is 0.245. The highest BCUT2D eigenvalue weighted by molar-refractivity contribution is 5.67. The lowest BCUT2D eigenvalue weighted by Crippen LogP contribution is -2.48. The molecule has 1 aliphatic rings. The zero-order valence-electron chi connectivity index (χ0n) is 19.1. The lowest BCUT2D eigenvalue weighted by Gasteiger charge is -2.40. The van der Waals surface area contributed by atoms with Gasteiger partial charge >= 0.3 is 0 Å². The molecule has 1 heterocycles. The van der Waals surface area contributed by atoms with Crippen molar-refractivity contribution < 1.29 is 5.11 Å². The van der Waals surface area contributed by atoms with Crippen molar-refractivity contribution in [1.82, 2.24) is 9.80 Å². The van der Waals surface area contributed by atoms with Crippen LogP contribution in [0.5, 0.6) is 0 Å². The topological polar surface area (TPSA) is 64.8 Å². The highest BCUT2D eigenvalue weighted by atomic mass is 16.3. The van der Waals surface area contributed by atoms with Gasteiger partial charge in [0.1, 0.15) is 0 Å². The van der Waals surface area contributed by atoms with Crippen molar-refractivity contribution in [2.45, 2.75) is 12.1 Å². The van der Waals surface area contributed by atoms with Gasteiger partial charge in [0.15, 0.2) is 0 Å². The Morgan fingerprint density at radius 3 is 2.03 bits per heavy atom. The highest BCUT2D eigenvalue weighted by Crippen LogP contribution is 2.30. The van der Waals surface area contributed by atoms with E-state index in [4.69, 9.17) is 5.73 Å². The molecule has 33 heavy (non-hydrogen) atoms. The molecule has 4 N–H and O–H groups in total. The molecule has 1 unspecified atom stereocenters. The molecule has 5 heteroatoms. The number of benzene rings is 3. The molecule has 3 aromatic carbocycles. The van der Waals surface area contributed by atoms with Crippen molar-refractivity contribution in [3.63, 3.8) is 0 Å². The average molecular weight is 443 g/mol. The van der Waals surface area contributed by atoms with E-state index in [9.17, 15) is 5.11 Å². The van der Waals surface area contributed by atoms with Gasteiger partial charge in [0.25, 0.3) is 0 Å². The van der Waals surface area contributed by atoms with E-state index in [0.29, 0.717) is 18.8 Å². The first-order valence-electron chi connectivity index (χ1n) is 11.6. The monoisotopic (exact) mass is 442 g/mol. The smallest absolute Gasteiger partial charge is 0.0917 e. The van der Waals surface area contributed by atoms with E-state index in [1.807, 2.05) is 18.2 Å². The summed E-state index contributed by atoms with van der Waals surface area (Å²) < 4.78 is 0. The van der Waals surface area contributed by atoms with Gasteiger partial charge in [0.05, 0.1) is 23.5 Å². The number of β-amino-alcohol motifs (C(OH)–C–C–N with tert-alkyl or cyclic N) is 1. The Morgan fingerprint density at radius 1 is 0.879 bits per heavy atom. The lowest BCUT2D eigenvalue weighted by molar-refractivity contribution is 0.0623. The fourth-order valence-electron chi connectivity index (χ4n) is 4.57. The SMILES string of the molecule is C=CCNc1ccc(C(O)CN2CCN(C(c3ccccc3)c3ccccc3)CC2)cc1N. The third-order valence-corrected chi connectivity index (χ3v) is 6.33. The maximum atomic E-state index is 10.8. The van der Waals surface area contributed by atoms with E-state index in [0.717, 1.165) is 37.4 Å². The van der Waals surface area contributed by atoms with E-state index in [-0.39, 0.29) is 6.04 Å². The lowest BCUT2D eigenvalue weighted by atomic mass is 9.96. The summed E-state index contributed by atoms with van der Waals surface area (Å²) in [6.07, 6.45) is 1.23. The summed E-state index contributed by atoms with van der Waals surface area (Å²) in [5.41, 5.74) is 11.2. The quantitative estimate of drug-likeness (QED) is 0.341. The van der Waals surface area contributed by atoms with E-state index in [1.165, 1.54) is 11.1 Å². The number of rotatable bonds is 9. The second kappa shape index (κ2) is 11.1. The standard InChI is InChI=1S/C28H34N4O/c1-2-15-30-26-14-13-24(20-25(26)29)27(33)21-31-16-18-32(19-17-31)28(22-9-5-3-6-10-22)23-11-7-4-8-12-23/h2-14,20,27-28,30,33H,1,15-19,21,29H2. The molecule has 0 saturated carbocycles. The van der Waals surface area contributed by atoms with Crippen LogP contribution in [0.25, 0.3) is 0 Å². The van der Waals surface area contributed by atoms with Crippen molar-refractivity contribution in [3.05, 3.63) is 108 Å². The summed E-state index contributed by atoms with van der Waals surface area (Å²) in [6.45, 7) is 8.72. The number of piperazine rings is 1. The van der Waals surface area contributed by atoms with Gasteiger partial charge in [-0.25, -0.2) is 0 Å². The van der Waals surface area contributed by atoms with Crippen molar-refractivity contribution in [3.8, 4) is 0 Å². The zero-order valence-corrected chi connectivity index (χ0v) is 19.1. The van der Waals surface area contributed by atoms with Crippen LogP contribution < -0.4 is 11.1 Å². The molecule has 0 radical (unpaired) electrons. The summed E-state index contributed by atoms with van der Waals surface area (Å²) >= 11 is 0. The van der Waals surface area contributed by atoms with Crippen LogP contribution in [0.2, 0.25) is 0 Å². The molecule has 0 aromatic heterocycles. The first-order chi connectivity index (χ1) is 16.2. The summed E-state index contributed by atoms with van der Waals surface area (Å²) in [4.78, 5) is 4.89. The van der Waals surface area contributed by atoms with Gasteiger partial charge in [-0.15, -0.1) is 6.58 Å². The zero-order chi connectivity index (χ0) is 23.0. The molecule has 1 atom stereocenters. The Hall–Kier alpha value is -3.12. The van der Waals surface area contributed by atoms with Crippen LogP contribution >= 0.6 is 0 Å². The average Bonchev–Trinajstić information content (AvgIpc) is 2.86. The van der Waals surface area contributed by atoms with Gasteiger partial charge in [0, 0.05) is 39.3 Å². The number of nitrogens with zero attached hydrogens (tertiary/aromatic N) is 2. The summed E-state index contributed by atoms with van der Waals surface area (Å²) in [7, 11) is 0. The Bertz CT molecular complexity index is 977. The largest absolute Gasteiger partial charge is 0.397 e. The maximum Gasteiger partial charge on any atom is 0.0917 e.